The molecule has 0 spiro atoms. The van der Waals surface area contributed by atoms with Crippen LogP contribution < -0.4 is 9.97 Å². The van der Waals surface area contributed by atoms with Crippen molar-refractivity contribution in [2.75, 3.05) is 0 Å². The molecule has 0 saturated carbocycles. The maximum atomic E-state index is 5.48. The van der Waals surface area contributed by atoms with Crippen molar-refractivity contribution < 1.29 is 19.5 Å². The molecule has 0 radical (unpaired) electrons. The molecule has 0 atom stereocenters. The number of nitrogens with zero attached hydrogens (tertiary/aromatic N) is 4. The molecule has 8 bridgehead atoms. The first-order valence-electron chi connectivity index (χ1n) is 17.7. The van der Waals surface area contributed by atoms with E-state index in [9.17, 15) is 0 Å². The van der Waals surface area contributed by atoms with Crippen molar-refractivity contribution in [3.8, 4) is 33.4 Å². The van der Waals surface area contributed by atoms with E-state index < -0.39 is 0 Å². The summed E-state index contributed by atoms with van der Waals surface area (Å²) < 4.78 is 0. The summed E-state index contributed by atoms with van der Waals surface area (Å²) in [5, 5.41) is 0. The molecule has 3 aromatic heterocycles. The molecule has 5 heteroatoms. The van der Waals surface area contributed by atoms with Gasteiger partial charge in [-0.15, -0.1) is 22.1 Å². The van der Waals surface area contributed by atoms with Gasteiger partial charge in [0.15, 0.2) is 0 Å². The van der Waals surface area contributed by atoms with Gasteiger partial charge in [0.25, 0.3) is 0 Å². The van der Waals surface area contributed by atoms with Crippen LogP contribution in [0.1, 0.15) is 72.8 Å². The molecule has 3 aromatic carbocycles. The second-order valence-corrected chi connectivity index (χ2v) is 14.5. The van der Waals surface area contributed by atoms with Crippen molar-refractivity contribution in [3.63, 3.8) is 0 Å². The van der Waals surface area contributed by atoms with Crippen LogP contribution in [-0.4, -0.2) is 9.97 Å². The molecule has 8 rings (SSSR count). The third kappa shape index (κ3) is 6.12. The first-order chi connectivity index (χ1) is 24.4. The van der Waals surface area contributed by atoms with Gasteiger partial charge in [-0.05, 0) is 153 Å². The van der Waals surface area contributed by atoms with Crippen LogP contribution in [0.3, 0.4) is 0 Å². The van der Waals surface area contributed by atoms with E-state index in [1.165, 1.54) is 66.8 Å². The predicted octanol–water partition coefficient (Wildman–Crippen LogP) is 11.7. The fourth-order valence-corrected chi connectivity index (χ4v) is 8.51. The maximum Gasteiger partial charge on any atom is 2.00 e. The average Bonchev–Trinajstić information content (AvgIpc) is 3.87. The molecule has 0 unspecified atom stereocenters. The van der Waals surface area contributed by atoms with Crippen LogP contribution >= 0.6 is 0 Å². The summed E-state index contributed by atoms with van der Waals surface area (Å²) in [6.45, 7) is 19.6. The van der Waals surface area contributed by atoms with Gasteiger partial charge < -0.3 is 9.97 Å². The molecule has 4 nitrogen and oxygen atoms in total. The number of aryl methyl sites for hydroxylation is 9. The van der Waals surface area contributed by atoms with Crippen molar-refractivity contribution in [1.82, 2.24) is 19.9 Å². The first-order valence-corrected chi connectivity index (χ1v) is 17.7. The largest absolute Gasteiger partial charge is 2.00 e. The number of hydrogen-bond donors (Lipinski definition) is 0. The Balaban J connectivity index is 0.00000420. The number of aromatic nitrogens is 4. The third-order valence-electron chi connectivity index (χ3n) is 10.2. The molecular weight excluding hydrogens is 686 g/mol. The molecule has 0 amide bonds. The number of fused-ring (bicyclic) bond motifs is 8. The smallest absolute Gasteiger partial charge is 0.657 e. The molecule has 5 heterocycles. The SMILES string of the molecule is Cc1cc(C)c(-c2c3nc(c(-c4c(C)cc(C)cc4C)c4ccc([n-]4)c(-c4c(C)cc(C)cc4C)c4nc(cc5ccc2[n-]5)C=C4)C=C3)c(C)c1.[Zn+2]. The fourth-order valence-electron chi connectivity index (χ4n) is 8.51. The number of hydrogen-bond acceptors (Lipinski definition) is 2. The van der Waals surface area contributed by atoms with E-state index in [0.717, 1.165) is 61.5 Å². The van der Waals surface area contributed by atoms with Crippen molar-refractivity contribution in [2.45, 2.75) is 62.3 Å². The minimum Gasteiger partial charge on any atom is -0.657 e. The van der Waals surface area contributed by atoms with E-state index in [1.807, 2.05) is 0 Å². The molecule has 0 N–H and O–H groups in total. The standard InChI is InChI=1S/C47H42N4.Zn/c1-25-18-28(4)42(29(5)19-25)45-36-12-10-34(48-36)24-35-11-13-37(49-35)46(43-30(6)20-26(2)21-31(43)7)39-15-17-41(51-39)47(40-16-14-38(45)50-40)44-32(8)22-27(3)23-33(44)9;/h10-24H,1-9H3;/q-2;+2. The Morgan fingerprint density at radius 3 is 1.13 bits per heavy atom. The summed E-state index contributed by atoms with van der Waals surface area (Å²) in [5.41, 5.74) is 24.7. The predicted molar refractivity (Wildman–Crippen MR) is 216 cm³/mol. The molecule has 52 heavy (non-hydrogen) atoms. The van der Waals surface area contributed by atoms with Gasteiger partial charge >= 0.3 is 19.5 Å². The Labute approximate surface area is 319 Å². The van der Waals surface area contributed by atoms with E-state index in [1.54, 1.807) is 0 Å². The number of rotatable bonds is 3. The van der Waals surface area contributed by atoms with Crippen LogP contribution in [0.25, 0.3) is 79.8 Å². The van der Waals surface area contributed by atoms with Crippen molar-refractivity contribution in [1.29, 1.82) is 0 Å². The summed E-state index contributed by atoms with van der Waals surface area (Å²) in [5.74, 6) is 0. The van der Waals surface area contributed by atoms with Gasteiger partial charge in [0.05, 0.1) is 22.8 Å². The van der Waals surface area contributed by atoms with Gasteiger partial charge in [0.1, 0.15) is 0 Å². The monoisotopic (exact) mass is 726 g/mol. The van der Waals surface area contributed by atoms with Crippen molar-refractivity contribution >= 4 is 46.4 Å². The second-order valence-electron chi connectivity index (χ2n) is 14.5. The molecule has 0 saturated heterocycles. The Morgan fingerprint density at radius 1 is 0.365 bits per heavy atom. The van der Waals surface area contributed by atoms with Gasteiger partial charge in [0, 0.05) is 0 Å². The van der Waals surface area contributed by atoms with Crippen molar-refractivity contribution in [3.05, 3.63) is 140 Å². The van der Waals surface area contributed by atoms with Gasteiger partial charge in [0.2, 0.25) is 0 Å². The van der Waals surface area contributed by atoms with Crippen LogP contribution in [0.2, 0.25) is 0 Å². The Hall–Kier alpha value is -5.12. The van der Waals surface area contributed by atoms with Crippen LogP contribution in [0.15, 0.2) is 66.7 Å². The number of benzene rings is 3. The molecular formula is C47H42N4Zn. The summed E-state index contributed by atoms with van der Waals surface area (Å²) in [7, 11) is 0. The summed E-state index contributed by atoms with van der Waals surface area (Å²) in [4.78, 5) is 21.4. The van der Waals surface area contributed by atoms with E-state index in [2.05, 4.69) is 153 Å². The zero-order valence-electron chi connectivity index (χ0n) is 31.7. The van der Waals surface area contributed by atoms with Gasteiger partial charge in [-0.2, -0.15) is 0 Å². The normalized spacial score (nSPS) is 12.0. The van der Waals surface area contributed by atoms with E-state index >= 15 is 0 Å². The second kappa shape index (κ2) is 13.5. The van der Waals surface area contributed by atoms with Crippen LogP contribution in [0.5, 0.6) is 0 Å². The summed E-state index contributed by atoms with van der Waals surface area (Å²) >= 11 is 0. The van der Waals surface area contributed by atoms with E-state index in [-0.39, 0.29) is 19.5 Å². The Morgan fingerprint density at radius 2 is 0.712 bits per heavy atom. The van der Waals surface area contributed by atoms with E-state index in [4.69, 9.17) is 19.9 Å². The summed E-state index contributed by atoms with van der Waals surface area (Å²) in [6.07, 6.45) is 8.53. The molecule has 0 fully saturated rings. The average molecular weight is 728 g/mol. The van der Waals surface area contributed by atoms with Gasteiger partial charge in [-0.3, -0.25) is 0 Å². The molecule has 2 aliphatic heterocycles. The van der Waals surface area contributed by atoms with E-state index in [0.29, 0.717) is 0 Å². The van der Waals surface area contributed by atoms with Gasteiger partial charge in [-0.1, -0.05) is 83.4 Å². The van der Waals surface area contributed by atoms with Crippen LogP contribution in [0, 0.1) is 62.3 Å². The first kappa shape index (κ1) is 35.3. The minimum atomic E-state index is 0. The fraction of sp³-hybridized carbons (Fsp3) is 0.191. The molecule has 6 aromatic rings. The Bertz CT molecular complexity index is 2560. The van der Waals surface area contributed by atoms with Crippen molar-refractivity contribution in [2.24, 2.45) is 0 Å². The third-order valence-corrected chi connectivity index (χ3v) is 10.2. The minimum absolute atomic E-state index is 0. The molecule has 0 aliphatic carbocycles. The topological polar surface area (TPSA) is 54.0 Å². The van der Waals surface area contributed by atoms with Crippen LogP contribution in [0.4, 0.5) is 0 Å². The summed E-state index contributed by atoms with van der Waals surface area (Å²) in [6, 6.07) is 24.1. The molecule has 252 valence electrons. The Kier molecular flexibility index (Phi) is 9.13. The quantitative estimate of drug-likeness (QED) is 0.170. The zero-order valence-corrected chi connectivity index (χ0v) is 34.6. The van der Waals surface area contributed by atoms with Gasteiger partial charge in [-0.25, -0.2) is 9.97 Å². The van der Waals surface area contributed by atoms with Crippen LogP contribution in [-0.2, 0) is 19.5 Å². The maximum absolute atomic E-state index is 5.48. The zero-order chi connectivity index (χ0) is 35.7. The molecule has 2 aliphatic rings.